The molecule has 2 aromatic carbocycles. The summed E-state index contributed by atoms with van der Waals surface area (Å²) in [6.45, 7) is 0. The summed E-state index contributed by atoms with van der Waals surface area (Å²) in [7, 11) is -2.54. The fourth-order valence-corrected chi connectivity index (χ4v) is 5.59. The van der Waals surface area contributed by atoms with Crippen LogP contribution in [0.25, 0.3) is 0 Å². The minimum Gasteiger partial charge on any atom is -0.497 e. The molecule has 0 aliphatic heterocycles. The zero-order valence-electron chi connectivity index (χ0n) is 18.0. The van der Waals surface area contributed by atoms with Crippen LogP contribution in [0.5, 0.6) is 5.75 Å². The van der Waals surface area contributed by atoms with E-state index in [0.29, 0.717) is 5.56 Å². The molecule has 2 unspecified atom stereocenters. The quantitative estimate of drug-likeness (QED) is 0.276. The van der Waals surface area contributed by atoms with Gasteiger partial charge in [-0.3, -0.25) is 4.79 Å². The van der Waals surface area contributed by atoms with Gasteiger partial charge < -0.3 is 14.9 Å². The molecule has 3 aromatic rings. The van der Waals surface area contributed by atoms with E-state index in [9.17, 15) is 23.4 Å². The van der Waals surface area contributed by atoms with Crippen molar-refractivity contribution in [1.29, 1.82) is 0 Å². The summed E-state index contributed by atoms with van der Waals surface area (Å²) in [5, 5.41) is 21.4. The maximum Gasteiger partial charge on any atom is 0.321 e. The Labute approximate surface area is 206 Å². The molecule has 0 saturated carbocycles. The summed E-state index contributed by atoms with van der Waals surface area (Å²) in [6, 6.07) is 11.5. The van der Waals surface area contributed by atoms with Gasteiger partial charge in [-0.05, 0) is 48.5 Å². The molecule has 0 radical (unpaired) electrons. The molecule has 3 N–H and O–H groups in total. The molecule has 0 aliphatic carbocycles. The first-order chi connectivity index (χ1) is 16.3. The number of thioether (sulfide) groups is 1. The van der Waals surface area contributed by atoms with Crippen molar-refractivity contribution < 1.29 is 28.2 Å². The van der Waals surface area contributed by atoms with Crippen LogP contribution in [0.2, 0.25) is 0 Å². The van der Waals surface area contributed by atoms with E-state index in [1.54, 1.807) is 43.0 Å². The van der Waals surface area contributed by atoms with Gasteiger partial charge in [0.25, 0.3) is 0 Å². The van der Waals surface area contributed by atoms with Crippen LogP contribution in [-0.4, -0.2) is 54.6 Å². The van der Waals surface area contributed by atoms with E-state index in [0.717, 1.165) is 15.7 Å². The first-order valence-corrected chi connectivity index (χ1v) is 13.3. The van der Waals surface area contributed by atoms with Crippen LogP contribution in [0, 0.1) is 11.8 Å². The summed E-state index contributed by atoms with van der Waals surface area (Å²) < 4.78 is 33.4. The Hall–Kier alpha value is -2.88. The zero-order valence-corrected chi connectivity index (χ0v) is 20.5. The number of benzene rings is 2. The van der Waals surface area contributed by atoms with Gasteiger partial charge in [-0.2, -0.15) is 4.72 Å². The Morgan fingerprint density at radius 1 is 1.15 bits per heavy atom. The predicted octanol–water partition coefficient (Wildman–Crippen LogP) is 2.83. The van der Waals surface area contributed by atoms with Gasteiger partial charge in [-0.1, -0.05) is 23.6 Å². The van der Waals surface area contributed by atoms with Crippen molar-refractivity contribution in [2.24, 2.45) is 0 Å². The minimum atomic E-state index is -4.12. The van der Waals surface area contributed by atoms with Crippen molar-refractivity contribution >= 4 is 39.1 Å². The number of rotatable bonds is 10. The molecule has 1 aromatic heterocycles. The van der Waals surface area contributed by atoms with E-state index in [1.807, 2.05) is 12.1 Å². The monoisotopic (exact) mass is 518 g/mol. The third kappa shape index (κ3) is 7.58. The maximum absolute atomic E-state index is 12.7. The lowest BCUT2D eigenvalue weighted by Crippen LogP contribution is -2.43. The van der Waals surface area contributed by atoms with Gasteiger partial charge in [0.05, 0.1) is 18.1 Å². The van der Waals surface area contributed by atoms with E-state index in [-0.39, 0.29) is 17.1 Å². The molecule has 3 rings (SSSR count). The van der Waals surface area contributed by atoms with Crippen molar-refractivity contribution in [1.82, 2.24) is 9.71 Å². The molecule has 0 spiro atoms. The van der Waals surface area contributed by atoms with E-state index >= 15 is 0 Å². The highest BCUT2D eigenvalue weighted by Crippen LogP contribution is 2.22. The summed E-state index contributed by atoms with van der Waals surface area (Å²) in [4.78, 5) is 15.6. The number of aliphatic hydroxyl groups is 1. The number of thiazole rings is 1. The standard InChI is InChI=1S/C23H22N2O6S3/c1-31-19-8-4-16(5-9-19)2-3-17-6-10-20(11-7-17)34(29,30)25-21(22(27)28)14-18(26)15-33-23-24-12-13-32-23/h4-13,18,21,25-26H,14-15H2,1H3,(H,27,28). The van der Waals surface area contributed by atoms with Gasteiger partial charge in [0.1, 0.15) is 16.1 Å². The summed E-state index contributed by atoms with van der Waals surface area (Å²) >= 11 is 2.68. The number of ether oxygens (including phenoxy) is 1. The van der Waals surface area contributed by atoms with Gasteiger partial charge in [-0.25, -0.2) is 13.4 Å². The first kappa shape index (κ1) is 25.7. The lowest BCUT2D eigenvalue weighted by atomic mass is 10.1. The second-order valence-electron chi connectivity index (χ2n) is 7.01. The predicted molar refractivity (Wildman–Crippen MR) is 131 cm³/mol. The third-order valence-electron chi connectivity index (χ3n) is 4.52. The number of carboxylic acids is 1. The van der Waals surface area contributed by atoms with E-state index in [1.165, 1.54) is 35.2 Å². The fraction of sp³-hybridized carbons (Fsp3) is 0.217. The average molecular weight is 519 g/mol. The molecule has 11 heteroatoms. The van der Waals surface area contributed by atoms with Gasteiger partial charge in [0, 0.05) is 34.9 Å². The van der Waals surface area contributed by atoms with Crippen LogP contribution in [0.1, 0.15) is 17.5 Å². The number of carboxylic acid groups (broad SMARTS) is 1. The number of hydrogen-bond acceptors (Lipinski definition) is 8. The number of sulfonamides is 1. The number of hydrogen-bond donors (Lipinski definition) is 3. The molecule has 1 heterocycles. The highest BCUT2D eigenvalue weighted by Gasteiger charge is 2.27. The molecule has 2 atom stereocenters. The summed E-state index contributed by atoms with van der Waals surface area (Å²) in [5.74, 6) is 5.47. The molecule has 0 bridgehead atoms. The Morgan fingerprint density at radius 3 is 2.29 bits per heavy atom. The maximum atomic E-state index is 12.7. The Bertz CT molecular complexity index is 1250. The molecule has 34 heavy (non-hydrogen) atoms. The van der Waals surface area contributed by atoms with Crippen LogP contribution >= 0.6 is 23.1 Å². The number of aliphatic carboxylic acids is 1. The van der Waals surface area contributed by atoms with Crippen molar-refractivity contribution in [3.8, 4) is 17.6 Å². The van der Waals surface area contributed by atoms with Gasteiger partial charge in [0.2, 0.25) is 10.0 Å². The van der Waals surface area contributed by atoms with Crippen LogP contribution in [-0.2, 0) is 14.8 Å². The molecular weight excluding hydrogens is 496 g/mol. The molecule has 8 nitrogen and oxygen atoms in total. The molecule has 0 saturated heterocycles. The Balaban J connectivity index is 1.63. The van der Waals surface area contributed by atoms with Crippen molar-refractivity contribution in [2.75, 3.05) is 12.9 Å². The largest absolute Gasteiger partial charge is 0.497 e. The average Bonchev–Trinajstić information content (AvgIpc) is 3.35. The van der Waals surface area contributed by atoms with Crippen LogP contribution in [0.4, 0.5) is 0 Å². The molecular formula is C23H22N2O6S3. The van der Waals surface area contributed by atoms with E-state index in [2.05, 4.69) is 21.5 Å². The highest BCUT2D eigenvalue weighted by atomic mass is 32.2. The number of aromatic nitrogens is 1. The normalized spacial score (nSPS) is 12.9. The van der Waals surface area contributed by atoms with Crippen LogP contribution in [0.3, 0.4) is 0 Å². The number of aliphatic hydroxyl groups excluding tert-OH is 1. The summed E-state index contributed by atoms with van der Waals surface area (Å²) in [6.07, 6.45) is 0.315. The molecule has 0 aliphatic rings. The van der Waals surface area contributed by atoms with E-state index < -0.39 is 28.1 Å². The number of nitrogens with one attached hydrogen (secondary N) is 1. The van der Waals surface area contributed by atoms with Gasteiger partial charge in [-0.15, -0.1) is 11.3 Å². The first-order valence-electron chi connectivity index (χ1n) is 9.98. The Morgan fingerprint density at radius 2 is 1.76 bits per heavy atom. The smallest absolute Gasteiger partial charge is 0.321 e. The number of methoxy groups -OCH3 is 1. The lowest BCUT2D eigenvalue weighted by Gasteiger charge is -2.18. The molecule has 0 fully saturated rings. The highest BCUT2D eigenvalue weighted by molar-refractivity contribution is 8.01. The van der Waals surface area contributed by atoms with Gasteiger partial charge in [0.15, 0.2) is 0 Å². The summed E-state index contributed by atoms with van der Waals surface area (Å²) in [5.41, 5.74) is 1.37. The molecule has 0 amide bonds. The van der Waals surface area contributed by atoms with Crippen molar-refractivity contribution in [3.63, 3.8) is 0 Å². The Kier molecular flexibility index (Phi) is 9.09. The topological polar surface area (TPSA) is 126 Å². The van der Waals surface area contributed by atoms with E-state index in [4.69, 9.17) is 4.74 Å². The fourth-order valence-electron chi connectivity index (χ4n) is 2.78. The minimum absolute atomic E-state index is 0.0969. The van der Waals surface area contributed by atoms with Crippen LogP contribution in [0.15, 0.2) is 69.3 Å². The second-order valence-corrected chi connectivity index (χ2v) is 10.9. The zero-order chi connectivity index (χ0) is 24.6. The SMILES string of the molecule is COc1ccc(C#Cc2ccc(S(=O)(=O)NC(CC(O)CSc3nccs3)C(=O)O)cc2)cc1. The number of nitrogens with zero attached hydrogens (tertiary/aromatic N) is 1. The van der Waals surface area contributed by atoms with Crippen LogP contribution < -0.4 is 9.46 Å². The second kappa shape index (κ2) is 12.0. The number of carbonyl (C=O) groups is 1. The van der Waals surface area contributed by atoms with Crippen molar-refractivity contribution in [3.05, 3.63) is 71.2 Å². The lowest BCUT2D eigenvalue weighted by molar-refractivity contribution is -0.139. The van der Waals surface area contributed by atoms with Crippen molar-refractivity contribution in [2.45, 2.75) is 27.8 Å². The van der Waals surface area contributed by atoms with Gasteiger partial charge >= 0.3 is 5.97 Å². The molecule has 178 valence electrons. The third-order valence-corrected chi connectivity index (χ3v) is 8.12.